The zero-order chi connectivity index (χ0) is 17.2. The van der Waals surface area contributed by atoms with Gasteiger partial charge in [0.1, 0.15) is 11.6 Å². The lowest BCUT2D eigenvalue weighted by Gasteiger charge is -2.34. The van der Waals surface area contributed by atoms with E-state index in [2.05, 4.69) is 16.5 Å². The Morgan fingerprint density at radius 3 is 2.56 bits per heavy atom. The second kappa shape index (κ2) is 6.90. The average Bonchev–Trinajstić information content (AvgIpc) is 3.43. The first-order chi connectivity index (χ1) is 12.2. The van der Waals surface area contributed by atoms with Gasteiger partial charge in [-0.2, -0.15) is 0 Å². The number of piperidine rings is 1. The van der Waals surface area contributed by atoms with E-state index in [4.69, 9.17) is 4.74 Å². The maximum absolute atomic E-state index is 12.4. The van der Waals surface area contributed by atoms with Crippen LogP contribution in [0.2, 0.25) is 0 Å². The fourth-order valence-electron chi connectivity index (χ4n) is 3.71. The third-order valence-electron chi connectivity index (χ3n) is 5.24. The first-order valence-corrected chi connectivity index (χ1v) is 9.21. The molecule has 25 heavy (non-hydrogen) atoms. The minimum atomic E-state index is 0.0760. The number of benzene rings is 1. The summed E-state index contributed by atoms with van der Waals surface area (Å²) < 4.78 is 8.02. The summed E-state index contributed by atoms with van der Waals surface area (Å²) >= 11 is 0. The van der Waals surface area contributed by atoms with E-state index in [1.165, 1.54) is 24.4 Å². The highest BCUT2D eigenvalue weighted by Gasteiger charge is 2.32. The summed E-state index contributed by atoms with van der Waals surface area (Å²) in [4.78, 5) is 19.0. The minimum Gasteiger partial charge on any atom is -0.484 e. The number of imidazole rings is 1. The van der Waals surface area contributed by atoms with E-state index < -0.39 is 0 Å². The van der Waals surface area contributed by atoms with Crippen molar-refractivity contribution < 1.29 is 9.53 Å². The average molecular weight is 339 g/mol. The van der Waals surface area contributed by atoms with E-state index in [-0.39, 0.29) is 12.5 Å². The molecule has 0 atom stereocenters. The molecule has 5 nitrogen and oxygen atoms in total. The third kappa shape index (κ3) is 3.55. The van der Waals surface area contributed by atoms with Crippen LogP contribution in [0.3, 0.4) is 0 Å². The maximum Gasteiger partial charge on any atom is 0.260 e. The summed E-state index contributed by atoms with van der Waals surface area (Å²) in [5, 5.41) is 0. The molecule has 0 N–H and O–H groups in total. The summed E-state index contributed by atoms with van der Waals surface area (Å²) in [6, 6.07) is 9.98. The minimum absolute atomic E-state index is 0.0760. The van der Waals surface area contributed by atoms with Crippen LogP contribution in [0.25, 0.3) is 0 Å². The molecule has 1 aromatic heterocycles. The smallest absolute Gasteiger partial charge is 0.260 e. The molecule has 132 valence electrons. The highest BCUT2D eigenvalue weighted by atomic mass is 16.5. The van der Waals surface area contributed by atoms with Gasteiger partial charge in [-0.1, -0.05) is 18.2 Å². The predicted octanol–water partition coefficient (Wildman–Crippen LogP) is 3.31. The van der Waals surface area contributed by atoms with Crippen LogP contribution < -0.4 is 4.74 Å². The second-order valence-electron chi connectivity index (χ2n) is 7.12. The van der Waals surface area contributed by atoms with Gasteiger partial charge in [0.05, 0.1) is 0 Å². The number of aromatic nitrogens is 2. The van der Waals surface area contributed by atoms with Gasteiger partial charge in [0.15, 0.2) is 6.61 Å². The number of nitrogens with zero attached hydrogens (tertiary/aromatic N) is 3. The molecule has 1 saturated carbocycles. The van der Waals surface area contributed by atoms with Crippen LogP contribution in [0.5, 0.6) is 5.75 Å². The number of ether oxygens (including phenoxy) is 1. The van der Waals surface area contributed by atoms with Crippen LogP contribution in [-0.2, 0) is 4.79 Å². The molecule has 4 rings (SSSR count). The molecular formula is C20H25N3O2. The highest BCUT2D eigenvalue weighted by Crippen LogP contribution is 2.41. The Labute approximate surface area is 148 Å². The molecular weight excluding hydrogens is 314 g/mol. The van der Waals surface area contributed by atoms with E-state index in [0.29, 0.717) is 12.0 Å². The number of hydrogen-bond donors (Lipinski definition) is 0. The Morgan fingerprint density at radius 1 is 1.16 bits per heavy atom. The Kier molecular flexibility index (Phi) is 4.47. The summed E-state index contributed by atoms with van der Waals surface area (Å²) in [6.07, 6.45) is 6.52. The molecule has 5 heteroatoms. The molecule has 2 heterocycles. The Bertz CT molecular complexity index is 729. The first-order valence-electron chi connectivity index (χ1n) is 9.21. The standard InChI is InChI=1S/C20H25N3O2/c1-15-13-21-20(16-7-8-16)23(15)17-9-11-22(12-10-17)19(24)14-25-18-5-3-2-4-6-18/h2-6,13,16-17H,7-12,14H2,1H3. The number of likely N-dealkylation sites (tertiary alicyclic amines) is 1. The maximum atomic E-state index is 12.4. The number of aryl methyl sites for hydroxylation is 1. The van der Waals surface area contributed by atoms with Crippen molar-refractivity contribution in [3.8, 4) is 5.75 Å². The molecule has 1 saturated heterocycles. The van der Waals surface area contributed by atoms with Crippen molar-refractivity contribution in [3.05, 3.63) is 48.0 Å². The lowest BCUT2D eigenvalue weighted by Crippen LogP contribution is -2.41. The van der Waals surface area contributed by atoms with E-state index in [1.807, 2.05) is 41.4 Å². The summed E-state index contributed by atoms with van der Waals surface area (Å²) in [5.41, 5.74) is 1.25. The number of rotatable bonds is 5. The molecule has 0 bridgehead atoms. The quantitative estimate of drug-likeness (QED) is 0.840. The zero-order valence-corrected chi connectivity index (χ0v) is 14.7. The molecule has 1 aliphatic heterocycles. The van der Waals surface area contributed by atoms with Crippen LogP contribution in [-0.4, -0.2) is 40.1 Å². The molecule has 1 aliphatic carbocycles. The Morgan fingerprint density at radius 2 is 1.88 bits per heavy atom. The fourth-order valence-corrected chi connectivity index (χ4v) is 3.71. The van der Waals surface area contributed by atoms with Crippen molar-refractivity contribution in [3.63, 3.8) is 0 Å². The van der Waals surface area contributed by atoms with Gasteiger partial charge in [0.2, 0.25) is 0 Å². The van der Waals surface area contributed by atoms with Crippen molar-refractivity contribution in [1.82, 2.24) is 14.5 Å². The van der Waals surface area contributed by atoms with Crippen molar-refractivity contribution in [2.24, 2.45) is 0 Å². The summed E-state index contributed by atoms with van der Waals surface area (Å²) in [5.74, 6) is 2.74. The van der Waals surface area contributed by atoms with Crippen LogP contribution in [0.15, 0.2) is 36.5 Å². The Hall–Kier alpha value is -2.30. The lowest BCUT2D eigenvalue weighted by molar-refractivity contribution is -0.134. The molecule has 1 aromatic carbocycles. The molecule has 2 fully saturated rings. The monoisotopic (exact) mass is 339 g/mol. The van der Waals surface area contributed by atoms with E-state index in [9.17, 15) is 4.79 Å². The summed E-state index contributed by atoms with van der Waals surface area (Å²) in [7, 11) is 0. The van der Waals surface area contributed by atoms with Gasteiger partial charge >= 0.3 is 0 Å². The topological polar surface area (TPSA) is 47.4 Å². The van der Waals surface area contributed by atoms with Crippen molar-refractivity contribution >= 4 is 5.91 Å². The number of amides is 1. The molecule has 2 aromatic rings. The van der Waals surface area contributed by atoms with Crippen LogP contribution in [0.4, 0.5) is 0 Å². The molecule has 2 aliphatic rings. The van der Waals surface area contributed by atoms with E-state index in [1.54, 1.807) is 0 Å². The molecule has 1 amide bonds. The van der Waals surface area contributed by atoms with Gasteiger partial charge in [-0.05, 0) is 44.7 Å². The SMILES string of the molecule is Cc1cnc(C2CC2)n1C1CCN(C(=O)COc2ccccc2)CC1. The van der Waals surface area contributed by atoms with Gasteiger partial charge in [-0.3, -0.25) is 4.79 Å². The predicted molar refractivity (Wildman–Crippen MR) is 95.7 cm³/mol. The number of carbonyl (C=O) groups excluding carboxylic acids is 1. The van der Waals surface area contributed by atoms with E-state index in [0.717, 1.165) is 31.7 Å². The molecule has 0 spiro atoms. The van der Waals surface area contributed by atoms with Gasteiger partial charge in [0, 0.05) is 36.9 Å². The highest BCUT2D eigenvalue weighted by molar-refractivity contribution is 5.77. The second-order valence-corrected chi connectivity index (χ2v) is 7.12. The van der Waals surface area contributed by atoms with Gasteiger partial charge < -0.3 is 14.2 Å². The van der Waals surface area contributed by atoms with Crippen LogP contribution >= 0.6 is 0 Å². The number of carbonyl (C=O) groups is 1. The lowest BCUT2D eigenvalue weighted by atomic mass is 10.0. The van der Waals surface area contributed by atoms with Crippen molar-refractivity contribution in [1.29, 1.82) is 0 Å². The normalized spacial score (nSPS) is 18.4. The van der Waals surface area contributed by atoms with Crippen LogP contribution in [0, 0.1) is 6.92 Å². The van der Waals surface area contributed by atoms with Gasteiger partial charge in [0.25, 0.3) is 5.91 Å². The largest absolute Gasteiger partial charge is 0.484 e. The Balaban J connectivity index is 1.32. The number of para-hydroxylation sites is 1. The number of hydrogen-bond acceptors (Lipinski definition) is 3. The van der Waals surface area contributed by atoms with E-state index >= 15 is 0 Å². The van der Waals surface area contributed by atoms with Gasteiger partial charge in [-0.25, -0.2) is 4.98 Å². The molecule has 0 unspecified atom stereocenters. The van der Waals surface area contributed by atoms with Crippen LogP contribution in [0.1, 0.15) is 49.2 Å². The third-order valence-corrected chi connectivity index (χ3v) is 5.24. The van der Waals surface area contributed by atoms with Crippen molar-refractivity contribution in [2.45, 2.75) is 44.6 Å². The van der Waals surface area contributed by atoms with Gasteiger partial charge in [-0.15, -0.1) is 0 Å². The zero-order valence-electron chi connectivity index (χ0n) is 14.7. The summed E-state index contributed by atoms with van der Waals surface area (Å²) in [6.45, 7) is 3.85. The fraction of sp³-hybridized carbons (Fsp3) is 0.500. The van der Waals surface area contributed by atoms with Crippen molar-refractivity contribution in [2.75, 3.05) is 19.7 Å². The molecule has 0 radical (unpaired) electrons. The first kappa shape index (κ1) is 16.2.